The Morgan fingerprint density at radius 2 is 1.61 bits per heavy atom. The lowest BCUT2D eigenvalue weighted by Crippen LogP contribution is -2.48. The molecule has 1 aliphatic rings. The smallest absolute Gasteiger partial charge is 0.283 e. The SMILES string of the molecule is Cc1cc(-c2nc(C(=O)N3CC(C)OC(C)C3)sc2-c2ccc(S(N)(=O)=O)cc2)cc(C)n1. The summed E-state index contributed by atoms with van der Waals surface area (Å²) in [6.07, 6.45) is -0.0966. The summed E-state index contributed by atoms with van der Waals surface area (Å²) in [5, 5.41) is 5.62. The summed E-state index contributed by atoms with van der Waals surface area (Å²) in [4.78, 5) is 25.1. The number of primary sulfonamides is 1. The van der Waals surface area contributed by atoms with Gasteiger partial charge < -0.3 is 9.64 Å². The van der Waals surface area contributed by atoms with Gasteiger partial charge in [0.15, 0.2) is 5.01 Å². The summed E-state index contributed by atoms with van der Waals surface area (Å²) in [6.45, 7) is 8.72. The molecule has 0 bridgehead atoms. The van der Waals surface area contributed by atoms with E-state index in [-0.39, 0.29) is 23.0 Å². The molecular formula is C23H26N4O4S2. The third-order valence-electron chi connectivity index (χ3n) is 5.32. The van der Waals surface area contributed by atoms with E-state index in [0.29, 0.717) is 23.8 Å². The van der Waals surface area contributed by atoms with Crippen LogP contribution in [0.25, 0.3) is 21.7 Å². The molecular weight excluding hydrogens is 460 g/mol. The fraction of sp³-hybridized carbons (Fsp3) is 0.348. The number of benzene rings is 1. The zero-order valence-electron chi connectivity index (χ0n) is 18.9. The number of aromatic nitrogens is 2. The van der Waals surface area contributed by atoms with Crippen molar-refractivity contribution in [3.63, 3.8) is 0 Å². The summed E-state index contributed by atoms with van der Waals surface area (Å²) >= 11 is 1.29. The van der Waals surface area contributed by atoms with E-state index in [2.05, 4.69) is 4.98 Å². The molecule has 0 aliphatic carbocycles. The molecule has 1 aliphatic heterocycles. The first-order valence-corrected chi connectivity index (χ1v) is 12.9. The number of amides is 1. The van der Waals surface area contributed by atoms with Gasteiger partial charge in [-0.3, -0.25) is 9.78 Å². The highest BCUT2D eigenvalue weighted by Crippen LogP contribution is 2.38. The highest BCUT2D eigenvalue weighted by Gasteiger charge is 2.29. The maximum absolute atomic E-state index is 13.3. The van der Waals surface area contributed by atoms with Gasteiger partial charge in [-0.1, -0.05) is 12.1 Å². The Hall–Kier alpha value is -2.66. The molecule has 2 aromatic heterocycles. The highest BCUT2D eigenvalue weighted by molar-refractivity contribution is 7.89. The normalized spacial score (nSPS) is 19.0. The lowest BCUT2D eigenvalue weighted by atomic mass is 10.1. The molecule has 3 heterocycles. The monoisotopic (exact) mass is 486 g/mol. The van der Waals surface area contributed by atoms with Crippen molar-refractivity contribution >= 4 is 27.3 Å². The first-order chi connectivity index (χ1) is 15.5. The van der Waals surface area contributed by atoms with Gasteiger partial charge in [0, 0.05) is 30.0 Å². The Bertz CT molecular complexity index is 1270. The average molecular weight is 487 g/mol. The maximum atomic E-state index is 13.3. The van der Waals surface area contributed by atoms with Crippen LogP contribution >= 0.6 is 11.3 Å². The number of morpholine rings is 1. The molecule has 1 aromatic carbocycles. The molecule has 2 unspecified atom stereocenters. The predicted molar refractivity (Wildman–Crippen MR) is 128 cm³/mol. The molecule has 2 N–H and O–H groups in total. The molecule has 2 atom stereocenters. The van der Waals surface area contributed by atoms with E-state index < -0.39 is 10.0 Å². The Labute approximate surface area is 197 Å². The summed E-state index contributed by atoms with van der Waals surface area (Å²) in [7, 11) is -3.80. The molecule has 0 saturated carbocycles. The summed E-state index contributed by atoms with van der Waals surface area (Å²) in [5.74, 6) is -0.141. The summed E-state index contributed by atoms with van der Waals surface area (Å²) in [5.41, 5.74) is 3.96. The Morgan fingerprint density at radius 3 is 2.15 bits per heavy atom. The number of sulfonamides is 1. The fourth-order valence-corrected chi connectivity index (χ4v) is 5.63. The molecule has 0 radical (unpaired) electrons. The minimum Gasteiger partial charge on any atom is -0.372 e. The van der Waals surface area contributed by atoms with Gasteiger partial charge in [-0.05, 0) is 57.5 Å². The quantitative estimate of drug-likeness (QED) is 0.604. The van der Waals surface area contributed by atoms with Crippen LogP contribution in [0.3, 0.4) is 0 Å². The molecule has 1 fully saturated rings. The second-order valence-corrected chi connectivity index (χ2v) is 10.9. The standard InChI is InChI=1S/C23H26N4O4S2/c1-13-9-18(10-14(2)25-13)20-21(17-5-7-19(8-6-17)33(24,29)30)32-22(26-20)23(28)27-11-15(3)31-16(4)12-27/h5-10,15-16H,11-12H2,1-4H3,(H2,24,29,30). The number of carbonyl (C=O) groups excluding carboxylic acids is 1. The van der Waals surface area contributed by atoms with Crippen LogP contribution in [0, 0.1) is 13.8 Å². The molecule has 4 rings (SSSR count). The van der Waals surface area contributed by atoms with E-state index in [0.717, 1.165) is 27.4 Å². The van der Waals surface area contributed by atoms with Crippen LogP contribution < -0.4 is 5.14 Å². The van der Waals surface area contributed by atoms with E-state index >= 15 is 0 Å². The van der Waals surface area contributed by atoms with E-state index in [1.807, 2.05) is 39.8 Å². The lowest BCUT2D eigenvalue weighted by Gasteiger charge is -2.34. The number of aryl methyl sites for hydroxylation is 2. The minimum absolute atomic E-state index is 0.0282. The van der Waals surface area contributed by atoms with Gasteiger partial charge in [0.05, 0.1) is 27.7 Å². The van der Waals surface area contributed by atoms with Crippen LogP contribution in [0.15, 0.2) is 41.3 Å². The van der Waals surface area contributed by atoms with Gasteiger partial charge in [0.1, 0.15) is 0 Å². The van der Waals surface area contributed by atoms with Gasteiger partial charge in [-0.25, -0.2) is 18.5 Å². The molecule has 1 saturated heterocycles. The number of nitrogens with zero attached hydrogens (tertiary/aromatic N) is 3. The van der Waals surface area contributed by atoms with Gasteiger partial charge in [0.25, 0.3) is 5.91 Å². The van der Waals surface area contributed by atoms with E-state index in [4.69, 9.17) is 14.9 Å². The van der Waals surface area contributed by atoms with Crippen LogP contribution in [0.1, 0.15) is 35.0 Å². The lowest BCUT2D eigenvalue weighted by molar-refractivity contribution is -0.0586. The minimum atomic E-state index is -3.80. The summed E-state index contributed by atoms with van der Waals surface area (Å²) < 4.78 is 29.1. The van der Waals surface area contributed by atoms with Crippen molar-refractivity contribution < 1.29 is 17.9 Å². The highest BCUT2D eigenvalue weighted by atomic mass is 32.2. The third-order valence-corrected chi connectivity index (χ3v) is 7.34. The second kappa shape index (κ2) is 8.94. The molecule has 8 nitrogen and oxygen atoms in total. The zero-order valence-corrected chi connectivity index (χ0v) is 20.5. The van der Waals surface area contributed by atoms with Gasteiger partial charge >= 0.3 is 0 Å². The van der Waals surface area contributed by atoms with Crippen molar-refractivity contribution in [2.75, 3.05) is 13.1 Å². The number of pyridine rings is 1. The topological polar surface area (TPSA) is 115 Å². The predicted octanol–water partition coefficient (Wildman–Crippen LogP) is 3.39. The Balaban J connectivity index is 1.80. The number of hydrogen-bond acceptors (Lipinski definition) is 7. The fourth-order valence-electron chi connectivity index (χ4n) is 4.05. The van der Waals surface area contributed by atoms with Crippen molar-refractivity contribution in [2.45, 2.75) is 44.8 Å². The van der Waals surface area contributed by atoms with Gasteiger partial charge in [-0.2, -0.15) is 0 Å². The first-order valence-electron chi connectivity index (χ1n) is 10.6. The van der Waals surface area contributed by atoms with Crippen molar-refractivity contribution in [3.05, 3.63) is 52.8 Å². The molecule has 10 heteroatoms. The van der Waals surface area contributed by atoms with E-state index in [9.17, 15) is 13.2 Å². The molecule has 174 valence electrons. The Morgan fingerprint density at radius 1 is 1.03 bits per heavy atom. The Kier molecular flexibility index (Phi) is 6.37. The number of hydrogen-bond donors (Lipinski definition) is 1. The van der Waals surface area contributed by atoms with Crippen molar-refractivity contribution in [3.8, 4) is 21.7 Å². The van der Waals surface area contributed by atoms with Crippen molar-refractivity contribution in [2.24, 2.45) is 5.14 Å². The molecule has 1 amide bonds. The van der Waals surface area contributed by atoms with Crippen LogP contribution in [-0.2, 0) is 14.8 Å². The van der Waals surface area contributed by atoms with Crippen molar-refractivity contribution in [1.29, 1.82) is 0 Å². The summed E-state index contributed by atoms with van der Waals surface area (Å²) in [6, 6.07) is 10.2. The number of carbonyl (C=O) groups is 1. The van der Waals surface area contributed by atoms with E-state index in [1.54, 1.807) is 17.0 Å². The number of nitrogens with two attached hydrogens (primary N) is 1. The zero-order chi connectivity index (χ0) is 23.9. The van der Waals surface area contributed by atoms with E-state index in [1.165, 1.54) is 23.5 Å². The number of rotatable bonds is 4. The third kappa shape index (κ3) is 5.14. The molecule has 0 spiro atoms. The second-order valence-electron chi connectivity index (χ2n) is 8.37. The van der Waals surface area contributed by atoms with Crippen molar-refractivity contribution in [1.82, 2.24) is 14.9 Å². The average Bonchev–Trinajstić information content (AvgIpc) is 3.17. The molecule has 33 heavy (non-hydrogen) atoms. The largest absolute Gasteiger partial charge is 0.372 e. The number of thiazole rings is 1. The number of ether oxygens (including phenoxy) is 1. The van der Waals surface area contributed by atoms with Crippen LogP contribution in [-0.4, -0.2) is 54.5 Å². The first kappa shape index (κ1) is 23.5. The maximum Gasteiger partial charge on any atom is 0.283 e. The molecule has 3 aromatic rings. The van der Waals surface area contributed by atoms with Gasteiger partial charge in [0.2, 0.25) is 10.0 Å². The van der Waals surface area contributed by atoms with Crippen LogP contribution in [0.4, 0.5) is 0 Å². The van der Waals surface area contributed by atoms with Crippen LogP contribution in [0.5, 0.6) is 0 Å². The van der Waals surface area contributed by atoms with Crippen LogP contribution in [0.2, 0.25) is 0 Å². The van der Waals surface area contributed by atoms with Gasteiger partial charge in [-0.15, -0.1) is 11.3 Å².